The number of allylic oxidation sites excluding steroid dienone is 1. The van der Waals surface area contributed by atoms with Crippen LogP contribution in [0.2, 0.25) is 0 Å². The van der Waals surface area contributed by atoms with Gasteiger partial charge in [-0.15, -0.1) is 0 Å². The van der Waals surface area contributed by atoms with Crippen LogP contribution in [0, 0.1) is 0 Å². The van der Waals surface area contributed by atoms with E-state index in [2.05, 4.69) is 0 Å². The van der Waals surface area contributed by atoms with Crippen LogP contribution < -0.4 is 0 Å². The van der Waals surface area contributed by atoms with Gasteiger partial charge in [-0.05, 0) is 13.0 Å². The van der Waals surface area contributed by atoms with Crippen LogP contribution in [0.1, 0.15) is 13.3 Å². The molecule has 0 bridgehead atoms. The van der Waals surface area contributed by atoms with Gasteiger partial charge in [0.2, 0.25) is 0 Å². The molecule has 0 aliphatic carbocycles. The number of carbonyl (C=O) groups is 1. The highest BCUT2D eigenvalue weighted by Crippen LogP contribution is 2.14. The molecule has 1 heterocycles. The van der Waals surface area contributed by atoms with Crippen molar-refractivity contribution in [2.75, 3.05) is 13.2 Å². The summed E-state index contributed by atoms with van der Waals surface area (Å²) in [6, 6.07) is 0. The number of hydrogen-bond donors (Lipinski definition) is 0. The maximum absolute atomic E-state index is 10.2. The highest BCUT2D eigenvalue weighted by Gasteiger charge is 2.16. The van der Waals surface area contributed by atoms with E-state index >= 15 is 0 Å². The predicted octanol–water partition coefficient (Wildman–Crippen LogP) is 0.895. The van der Waals surface area contributed by atoms with E-state index < -0.39 is 0 Å². The summed E-state index contributed by atoms with van der Waals surface area (Å²) < 4.78 is 10.3. The topological polar surface area (TPSA) is 35.5 Å². The fourth-order valence-corrected chi connectivity index (χ4v) is 0.964. The van der Waals surface area contributed by atoms with Crippen LogP contribution in [-0.2, 0) is 14.3 Å². The molecule has 0 amide bonds. The Morgan fingerprint density at radius 3 is 3.27 bits per heavy atom. The molecule has 1 aliphatic heterocycles. The molecule has 0 fully saturated rings. The summed E-state index contributed by atoms with van der Waals surface area (Å²) in [6.07, 6.45) is 3.35. The second kappa shape index (κ2) is 4.13. The Balaban J connectivity index is 2.19. The van der Waals surface area contributed by atoms with Crippen molar-refractivity contribution in [3.8, 4) is 0 Å². The first-order valence-corrected chi connectivity index (χ1v) is 3.76. The van der Waals surface area contributed by atoms with Crippen molar-refractivity contribution >= 4 is 6.29 Å². The van der Waals surface area contributed by atoms with E-state index in [9.17, 15) is 4.79 Å². The van der Waals surface area contributed by atoms with Gasteiger partial charge in [-0.1, -0.05) is 0 Å². The molecule has 1 rings (SSSR count). The molecular formula is C8H12O3. The van der Waals surface area contributed by atoms with E-state index in [1.807, 2.05) is 6.92 Å². The maximum atomic E-state index is 10.2. The molecule has 3 heteroatoms. The van der Waals surface area contributed by atoms with E-state index in [4.69, 9.17) is 9.47 Å². The molecule has 0 aromatic heterocycles. The molecule has 1 atom stereocenters. The SMILES string of the molecule is CCOCC1CC=C(C=O)O1. The molecule has 1 aliphatic rings. The lowest BCUT2D eigenvalue weighted by atomic mass is 10.3. The second-order valence-electron chi connectivity index (χ2n) is 2.36. The third-order valence-electron chi connectivity index (χ3n) is 1.51. The van der Waals surface area contributed by atoms with Crippen LogP contribution in [0.3, 0.4) is 0 Å². The van der Waals surface area contributed by atoms with Gasteiger partial charge in [-0.3, -0.25) is 4.79 Å². The summed E-state index contributed by atoms with van der Waals surface area (Å²) >= 11 is 0. The van der Waals surface area contributed by atoms with Crippen molar-refractivity contribution in [1.82, 2.24) is 0 Å². The summed E-state index contributed by atoms with van der Waals surface area (Å²) in [4.78, 5) is 10.2. The molecule has 0 aromatic rings. The molecule has 0 saturated carbocycles. The van der Waals surface area contributed by atoms with Crippen LogP contribution in [0.15, 0.2) is 11.8 Å². The molecule has 0 N–H and O–H groups in total. The molecule has 0 spiro atoms. The monoisotopic (exact) mass is 156 g/mol. The highest BCUT2D eigenvalue weighted by atomic mass is 16.5. The van der Waals surface area contributed by atoms with Gasteiger partial charge in [0.25, 0.3) is 0 Å². The van der Waals surface area contributed by atoms with E-state index in [-0.39, 0.29) is 6.10 Å². The summed E-state index contributed by atoms with van der Waals surface area (Å²) in [5.74, 6) is 0.440. The highest BCUT2D eigenvalue weighted by molar-refractivity contribution is 5.70. The Kier molecular flexibility index (Phi) is 3.11. The van der Waals surface area contributed by atoms with Gasteiger partial charge in [0.05, 0.1) is 6.61 Å². The van der Waals surface area contributed by atoms with Gasteiger partial charge in [0, 0.05) is 13.0 Å². The van der Waals surface area contributed by atoms with Gasteiger partial charge in [-0.2, -0.15) is 0 Å². The minimum Gasteiger partial charge on any atom is -0.485 e. The number of aldehydes is 1. The molecule has 11 heavy (non-hydrogen) atoms. The quantitative estimate of drug-likeness (QED) is 0.567. The van der Waals surface area contributed by atoms with Crippen LogP contribution in [0.4, 0.5) is 0 Å². The third-order valence-corrected chi connectivity index (χ3v) is 1.51. The lowest BCUT2D eigenvalue weighted by Gasteiger charge is -2.10. The van der Waals surface area contributed by atoms with Gasteiger partial charge in [-0.25, -0.2) is 0 Å². The third kappa shape index (κ3) is 2.35. The smallest absolute Gasteiger partial charge is 0.184 e. The first kappa shape index (κ1) is 8.27. The molecule has 0 aromatic carbocycles. The number of rotatable bonds is 4. The Morgan fingerprint density at radius 1 is 1.91 bits per heavy atom. The molecule has 62 valence electrons. The second-order valence-corrected chi connectivity index (χ2v) is 2.36. The zero-order chi connectivity index (χ0) is 8.10. The first-order chi connectivity index (χ1) is 5.36. The Morgan fingerprint density at radius 2 is 2.73 bits per heavy atom. The molecule has 3 nitrogen and oxygen atoms in total. The van der Waals surface area contributed by atoms with Crippen molar-refractivity contribution in [2.45, 2.75) is 19.4 Å². The predicted molar refractivity (Wildman–Crippen MR) is 40.1 cm³/mol. The van der Waals surface area contributed by atoms with Crippen LogP contribution in [0.5, 0.6) is 0 Å². The summed E-state index contributed by atoms with van der Waals surface area (Å²) in [6.45, 7) is 3.20. The molecule has 1 unspecified atom stereocenters. The Hall–Kier alpha value is -0.830. The minimum atomic E-state index is 0.0511. The summed E-state index contributed by atoms with van der Waals surface area (Å²) in [5.41, 5.74) is 0. The summed E-state index contributed by atoms with van der Waals surface area (Å²) in [7, 11) is 0. The van der Waals surface area contributed by atoms with E-state index in [0.717, 1.165) is 12.7 Å². The molecular weight excluding hydrogens is 144 g/mol. The van der Waals surface area contributed by atoms with Crippen molar-refractivity contribution in [1.29, 1.82) is 0 Å². The van der Waals surface area contributed by atoms with Gasteiger partial charge >= 0.3 is 0 Å². The van der Waals surface area contributed by atoms with Gasteiger partial charge < -0.3 is 9.47 Å². The normalized spacial score (nSPS) is 22.6. The fraction of sp³-hybridized carbons (Fsp3) is 0.625. The van der Waals surface area contributed by atoms with Gasteiger partial charge in [0.1, 0.15) is 6.10 Å². The maximum Gasteiger partial charge on any atom is 0.184 e. The number of carbonyl (C=O) groups excluding carboxylic acids is 1. The minimum absolute atomic E-state index is 0.0511. The average molecular weight is 156 g/mol. The molecule has 0 radical (unpaired) electrons. The largest absolute Gasteiger partial charge is 0.485 e. The Bertz CT molecular complexity index is 163. The van der Waals surface area contributed by atoms with Crippen molar-refractivity contribution in [3.63, 3.8) is 0 Å². The van der Waals surface area contributed by atoms with Crippen molar-refractivity contribution < 1.29 is 14.3 Å². The zero-order valence-corrected chi connectivity index (χ0v) is 6.58. The zero-order valence-electron chi connectivity index (χ0n) is 6.58. The number of ether oxygens (including phenoxy) is 2. The van der Waals surface area contributed by atoms with E-state index in [1.54, 1.807) is 6.08 Å². The first-order valence-electron chi connectivity index (χ1n) is 3.76. The Labute approximate surface area is 66.0 Å². The lowest BCUT2D eigenvalue weighted by molar-refractivity contribution is -0.108. The lowest BCUT2D eigenvalue weighted by Crippen LogP contribution is -2.14. The van der Waals surface area contributed by atoms with Crippen LogP contribution in [-0.4, -0.2) is 25.6 Å². The summed E-state index contributed by atoms with van der Waals surface area (Å²) in [5, 5.41) is 0. The fourth-order valence-electron chi connectivity index (χ4n) is 0.964. The number of hydrogen-bond acceptors (Lipinski definition) is 3. The van der Waals surface area contributed by atoms with Crippen LogP contribution in [0.25, 0.3) is 0 Å². The van der Waals surface area contributed by atoms with E-state index in [0.29, 0.717) is 19.0 Å². The van der Waals surface area contributed by atoms with Gasteiger partial charge in [0.15, 0.2) is 12.0 Å². The van der Waals surface area contributed by atoms with Crippen molar-refractivity contribution in [2.24, 2.45) is 0 Å². The average Bonchev–Trinajstić information content (AvgIpc) is 2.48. The van der Waals surface area contributed by atoms with Crippen molar-refractivity contribution in [3.05, 3.63) is 11.8 Å². The van der Waals surface area contributed by atoms with E-state index in [1.165, 1.54) is 0 Å². The van der Waals surface area contributed by atoms with Crippen LogP contribution >= 0.6 is 0 Å². The molecule has 0 saturated heterocycles. The standard InChI is InChI=1S/C8H12O3/c1-2-10-6-8-4-3-7(5-9)11-8/h3,5,8H,2,4,6H2,1H3.